The van der Waals surface area contributed by atoms with Gasteiger partial charge in [0.2, 0.25) is 0 Å². The maximum atomic E-state index is 5.05. The second-order valence-electron chi connectivity index (χ2n) is 5.01. The highest BCUT2D eigenvalue weighted by atomic mass is 32.1. The van der Waals surface area contributed by atoms with Crippen LogP contribution < -0.4 is 5.32 Å². The third kappa shape index (κ3) is 3.12. The summed E-state index contributed by atoms with van der Waals surface area (Å²) in [5.74, 6) is 0. The Balaban J connectivity index is 1.86. The third-order valence-electron chi connectivity index (χ3n) is 3.81. The van der Waals surface area contributed by atoms with Crippen molar-refractivity contribution < 1.29 is 4.74 Å². The lowest BCUT2D eigenvalue weighted by molar-refractivity contribution is 0.138. The lowest BCUT2D eigenvalue weighted by atomic mass is 9.99. The molecule has 0 saturated carbocycles. The van der Waals surface area contributed by atoms with Gasteiger partial charge < -0.3 is 10.1 Å². The van der Waals surface area contributed by atoms with Crippen molar-refractivity contribution in [2.75, 3.05) is 33.4 Å². The van der Waals surface area contributed by atoms with E-state index in [1.807, 2.05) is 11.3 Å². The summed E-state index contributed by atoms with van der Waals surface area (Å²) in [5, 5.41) is 5.69. The van der Waals surface area contributed by atoms with Gasteiger partial charge in [-0.15, -0.1) is 11.3 Å². The highest BCUT2D eigenvalue weighted by Gasteiger charge is 2.27. The maximum absolute atomic E-state index is 5.05. The molecule has 0 amide bonds. The summed E-state index contributed by atoms with van der Waals surface area (Å²) in [6.07, 6.45) is 1.21. The Morgan fingerprint density at radius 3 is 3.22 bits per heavy atom. The fourth-order valence-corrected chi connectivity index (χ4v) is 3.70. The monoisotopic (exact) mass is 268 g/mol. The molecule has 0 radical (unpaired) electrons. The fraction of sp³-hybridized carbons (Fsp3) is 0.714. The number of hydrogen-bond acceptors (Lipinski definition) is 4. The molecule has 1 aliphatic rings. The number of methoxy groups -OCH3 is 1. The van der Waals surface area contributed by atoms with Crippen molar-refractivity contribution in [1.82, 2.24) is 10.2 Å². The van der Waals surface area contributed by atoms with Crippen molar-refractivity contribution in [3.8, 4) is 0 Å². The Morgan fingerprint density at radius 2 is 2.44 bits per heavy atom. The number of ether oxygens (including phenoxy) is 1. The smallest absolute Gasteiger partial charge is 0.0587 e. The zero-order valence-corrected chi connectivity index (χ0v) is 12.4. The van der Waals surface area contributed by atoms with Gasteiger partial charge in [0.25, 0.3) is 0 Å². The van der Waals surface area contributed by atoms with E-state index in [-0.39, 0.29) is 0 Å². The maximum Gasteiger partial charge on any atom is 0.0587 e. The lowest BCUT2D eigenvalue weighted by Gasteiger charge is -2.38. The van der Waals surface area contributed by atoms with Gasteiger partial charge in [0.15, 0.2) is 0 Å². The van der Waals surface area contributed by atoms with Gasteiger partial charge in [0.05, 0.1) is 6.61 Å². The van der Waals surface area contributed by atoms with E-state index >= 15 is 0 Å². The van der Waals surface area contributed by atoms with Crippen LogP contribution in [0.2, 0.25) is 0 Å². The molecule has 2 rings (SSSR count). The second kappa shape index (κ2) is 6.66. The van der Waals surface area contributed by atoms with Crippen LogP contribution in [0.1, 0.15) is 30.3 Å². The SMILES string of the molecule is COCCNCC(C)N1CCc2sccc2C1C. The van der Waals surface area contributed by atoms with E-state index in [1.165, 1.54) is 18.5 Å². The van der Waals surface area contributed by atoms with Crippen molar-refractivity contribution in [3.63, 3.8) is 0 Å². The molecule has 2 atom stereocenters. The van der Waals surface area contributed by atoms with Crippen LogP contribution in [0.25, 0.3) is 0 Å². The Kier molecular flexibility index (Phi) is 5.18. The number of hydrogen-bond donors (Lipinski definition) is 1. The predicted molar refractivity (Wildman–Crippen MR) is 77.4 cm³/mol. The Bertz CT molecular complexity index is 366. The summed E-state index contributed by atoms with van der Waals surface area (Å²) in [5.41, 5.74) is 1.54. The summed E-state index contributed by atoms with van der Waals surface area (Å²) in [6.45, 7) is 8.59. The van der Waals surface area contributed by atoms with Crippen molar-refractivity contribution in [3.05, 3.63) is 21.9 Å². The molecule has 102 valence electrons. The molecular weight excluding hydrogens is 244 g/mol. The molecule has 2 unspecified atom stereocenters. The first kappa shape index (κ1) is 14.0. The minimum Gasteiger partial charge on any atom is -0.383 e. The van der Waals surface area contributed by atoms with Gasteiger partial charge in [0, 0.05) is 43.7 Å². The quantitative estimate of drug-likeness (QED) is 0.801. The topological polar surface area (TPSA) is 24.5 Å². The van der Waals surface area contributed by atoms with Gasteiger partial charge >= 0.3 is 0 Å². The van der Waals surface area contributed by atoms with Gasteiger partial charge in [-0.3, -0.25) is 4.90 Å². The first-order valence-corrected chi connectivity index (χ1v) is 7.63. The number of thiophene rings is 1. The lowest BCUT2D eigenvalue weighted by Crippen LogP contribution is -2.45. The number of nitrogens with zero attached hydrogens (tertiary/aromatic N) is 1. The standard InChI is InChI=1S/C14H24N2OS/c1-11(10-15-6-8-17-3)16-7-4-14-13(12(16)2)5-9-18-14/h5,9,11-12,15H,4,6-8,10H2,1-3H3. The zero-order valence-electron chi connectivity index (χ0n) is 11.6. The van der Waals surface area contributed by atoms with Crippen molar-refractivity contribution >= 4 is 11.3 Å². The molecule has 0 saturated heterocycles. The summed E-state index contributed by atoms with van der Waals surface area (Å²) >= 11 is 1.91. The molecule has 0 fully saturated rings. The summed E-state index contributed by atoms with van der Waals surface area (Å²) < 4.78 is 5.05. The van der Waals surface area contributed by atoms with Crippen molar-refractivity contribution in [1.29, 1.82) is 0 Å². The van der Waals surface area contributed by atoms with E-state index in [2.05, 4.69) is 35.5 Å². The molecule has 1 aliphatic heterocycles. The van der Waals surface area contributed by atoms with Gasteiger partial charge in [-0.2, -0.15) is 0 Å². The van der Waals surface area contributed by atoms with E-state index < -0.39 is 0 Å². The van der Waals surface area contributed by atoms with Gasteiger partial charge in [-0.25, -0.2) is 0 Å². The van der Waals surface area contributed by atoms with Gasteiger partial charge in [-0.1, -0.05) is 0 Å². The molecular formula is C14H24N2OS. The van der Waals surface area contributed by atoms with Crippen LogP contribution in [-0.4, -0.2) is 44.3 Å². The van der Waals surface area contributed by atoms with E-state index in [4.69, 9.17) is 4.74 Å². The van der Waals surface area contributed by atoms with Crippen molar-refractivity contribution in [2.45, 2.75) is 32.4 Å². The predicted octanol–water partition coefficient (Wildman–Crippen LogP) is 2.29. The molecule has 1 aromatic rings. The fourth-order valence-electron chi connectivity index (χ4n) is 2.73. The molecule has 18 heavy (non-hydrogen) atoms. The first-order valence-electron chi connectivity index (χ1n) is 6.75. The second-order valence-corrected chi connectivity index (χ2v) is 6.01. The third-order valence-corrected chi connectivity index (χ3v) is 4.81. The number of nitrogens with one attached hydrogen (secondary N) is 1. The molecule has 3 nitrogen and oxygen atoms in total. The molecule has 0 spiro atoms. The van der Waals surface area contributed by atoms with Crippen LogP contribution >= 0.6 is 11.3 Å². The van der Waals surface area contributed by atoms with Crippen LogP contribution in [0.5, 0.6) is 0 Å². The molecule has 2 heterocycles. The van der Waals surface area contributed by atoms with Crippen LogP contribution in [0.3, 0.4) is 0 Å². The normalized spacial score (nSPS) is 21.8. The van der Waals surface area contributed by atoms with Crippen LogP contribution in [0, 0.1) is 0 Å². The molecule has 0 aromatic carbocycles. The average molecular weight is 268 g/mol. The van der Waals surface area contributed by atoms with Crippen LogP contribution in [0.4, 0.5) is 0 Å². The zero-order chi connectivity index (χ0) is 13.0. The summed E-state index contributed by atoms with van der Waals surface area (Å²) in [4.78, 5) is 4.19. The van der Waals surface area contributed by atoms with E-state index in [0.29, 0.717) is 12.1 Å². The summed E-state index contributed by atoms with van der Waals surface area (Å²) in [6, 6.07) is 3.42. The van der Waals surface area contributed by atoms with Gasteiger partial charge in [-0.05, 0) is 37.3 Å². The van der Waals surface area contributed by atoms with E-state index in [0.717, 1.165) is 19.7 Å². The Morgan fingerprint density at radius 1 is 1.61 bits per heavy atom. The molecule has 4 heteroatoms. The Labute approximate surface area is 114 Å². The summed E-state index contributed by atoms with van der Waals surface area (Å²) in [7, 11) is 1.75. The first-order chi connectivity index (χ1) is 8.74. The van der Waals surface area contributed by atoms with Crippen LogP contribution in [0.15, 0.2) is 11.4 Å². The molecule has 0 bridgehead atoms. The van der Waals surface area contributed by atoms with E-state index in [1.54, 1.807) is 12.0 Å². The molecule has 0 aliphatic carbocycles. The van der Waals surface area contributed by atoms with E-state index in [9.17, 15) is 0 Å². The van der Waals surface area contributed by atoms with Crippen LogP contribution in [-0.2, 0) is 11.2 Å². The highest BCUT2D eigenvalue weighted by Crippen LogP contribution is 2.33. The largest absolute Gasteiger partial charge is 0.383 e. The number of rotatable bonds is 6. The highest BCUT2D eigenvalue weighted by molar-refractivity contribution is 7.10. The average Bonchev–Trinajstić information content (AvgIpc) is 2.84. The minimum atomic E-state index is 0.555. The molecule has 1 N–H and O–H groups in total. The minimum absolute atomic E-state index is 0.555. The molecule has 1 aromatic heterocycles. The number of fused-ring (bicyclic) bond motifs is 1. The Hall–Kier alpha value is -0.420. The van der Waals surface area contributed by atoms with Gasteiger partial charge in [0.1, 0.15) is 0 Å². The van der Waals surface area contributed by atoms with Crippen molar-refractivity contribution in [2.24, 2.45) is 0 Å².